The molecule has 0 bridgehead atoms. The van der Waals surface area contributed by atoms with E-state index in [9.17, 15) is 24.3 Å². The van der Waals surface area contributed by atoms with E-state index in [0.29, 0.717) is 94.2 Å². The molecule has 3 unspecified atom stereocenters. The first-order chi connectivity index (χ1) is 33.4. The highest BCUT2D eigenvalue weighted by molar-refractivity contribution is 8.77. The van der Waals surface area contributed by atoms with Crippen molar-refractivity contribution in [3.05, 3.63) is 124 Å². The van der Waals surface area contributed by atoms with Gasteiger partial charge >= 0.3 is 0 Å². The maximum Gasteiger partial charge on any atom is 0.260 e. The fraction of sp³-hybridized carbons (Fsp3) is 0.358. The first-order valence-corrected chi connectivity index (χ1v) is 25.6. The average molecular weight is 972 g/mol. The van der Waals surface area contributed by atoms with Crippen LogP contribution in [0.5, 0.6) is 23.0 Å². The summed E-state index contributed by atoms with van der Waals surface area (Å²) in [6.07, 6.45) is 2.58. The van der Waals surface area contributed by atoms with Crippen LogP contribution in [0.1, 0.15) is 89.4 Å². The number of para-hydroxylation sites is 2. The molecule has 4 heterocycles. The number of carbonyl (C=O) groups excluding carboxylic acids is 4. The zero-order valence-corrected chi connectivity index (χ0v) is 41.0. The van der Waals surface area contributed by atoms with Crippen LogP contribution in [0.25, 0.3) is 0 Å². The highest BCUT2D eigenvalue weighted by Crippen LogP contribution is 2.44. The molecule has 0 fully saturated rings. The Bertz CT molecular complexity index is 2790. The molecule has 0 saturated heterocycles. The molecule has 5 aromatic rings. The fourth-order valence-corrected chi connectivity index (χ4v) is 11.9. The summed E-state index contributed by atoms with van der Waals surface area (Å²) in [5.41, 5.74) is 7.72. The SMILES string of the molecule is COc1cc2c(cc1OCc1cc(COc3cc4c(cc3OC)C(=O)N3c5ccccc5C[C@H]3C(O)N4)cc(NC(=O)CCC(C)SSC(C)CCC(C)=O)c1)NC[C@@H]1Cc3ccccc3N1C2=O. The number of anilines is 5. The van der Waals surface area contributed by atoms with Gasteiger partial charge in [-0.05, 0) is 97.3 Å². The summed E-state index contributed by atoms with van der Waals surface area (Å²) in [5, 5.41) is 21.6. The lowest BCUT2D eigenvalue weighted by atomic mass is 10.1. The Kier molecular flexibility index (Phi) is 14.3. The van der Waals surface area contributed by atoms with Gasteiger partial charge in [-0.15, -0.1) is 0 Å². The third-order valence-corrected chi connectivity index (χ3v) is 16.5. The number of amides is 3. The van der Waals surface area contributed by atoms with Gasteiger partial charge in [-0.1, -0.05) is 71.8 Å². The molecule has 9 rings (SSSR count). The van der Waals surface area contributed by atoms with Crippen molar-refractivity contribution in [1.29, 1.82) is 0 Å². The fourth-order valence-electron chi connectivity index (χ4n) is 9.43. The van der Waals surface area contributed by atoms with Crippen LogP contribution < -0.4 is 44.7 Å². The van der Waals surface area contributed by atoms with Gasteiger partial charge in [0.2, 0.25) is 5.91 Å². The first-order valence-electron chi connectivity index (χ1n) is 23.3. The second-order valence-corrected chi connectivity index (χ2v) is 21.2. The lowest BCUT2D eigenvalue weighted by molar-refractivity contribution is -0.117. The number of rotatable bonds is 18. The monoisotopic (exact) mass is 971 g/mol. The molecular weight excluding hydrogens is 915 g/mol. The molecule has 0 aliphatic carbocycles. The summed E-state index contributed by atoms with van der Waals surface area (Å²) in [6.45, 7) is 6.53. The minimum Gasteiger partial charge on any atom is -0.493 e. The lowest BCUT2D eigenvalue weighted by Crippen LogP contribution is -2.45. The van der Waals surface area contributed by atoms with E-state index in [1.165, 1.54) is 7.11 Å². The number of ether oxygens (including phenoxy) is 4. The number of benzene rings is 5. The molecular formula is C53H57N5O9S2. The third kappa shape index (κ3) is 10.3. The van der Waals surface area contributed by atoms with E-state index in [0.717, 1.165) is 40.9 Å². The summed E-state index contributed by atoms with van der Waals surface area (Å²) in [7, 11) is 6.53. The predicted octanol–water partition coefficient (Wildman–Crippen LogP) is 9.42. The Morgan fingerprint density at radius 1 is 0.725 bits per heavy atom. The van der Waals surface area contributed by atoms with Crippen molar-refractivity contribution in [3.8, 4) is 23.0 Å². The van der Waals surface area contributed by atoms with E-state index >= 15 is 0 Å². The van der Waals surface area contributed by atoms with Gasteiger partial charge in [-0.2, -0.15) is 0 Å². The number of Topliss-reactive ketones (excluding diaryl/α,β-unsaturated/α-hetero) is 1. The minimum absolute atomic E-state index is 0.0311. The number of hydrogen-bond acceptors (Lipinski definition) is 13. The van der Waals surface area contributed by atoms with E-state index < -0.39 is 12.3 Å². The molecule has 4 aliphatic heterocycles. The van der Waals surface area contributed by atoms with Gasteiger partial charge in [-0.25, -0.2) is 0 Å². The summed E-state index contributed by atoms with van der Waals surface area (Å²) >= 11 is 0. The van der Waals surface area contributed by atoms with Crippen LogP contribution in [0.3, 0.4) is 0 Å². The highest BCUT2D eigenvalue weighted by Gasteiger charge is 2.42. The lowest BCUT2D eigenvalue weighted by Gasteiger charge is -2.26. The zero-order valence-electron chi connectivity index (χ0n) is 39.3. The molecule has 0 saturated carbocycles. The van der Waals surface area contributed by atoms with Crippen molar-refractivity contribution in [2.24, 2.45) is 0 Å². The van der Waals surface area contributed by atoms with Gasteiger partial charge in [0.15, 0.2) is 23.0 Å². The molecule has 3 amide bonds. The zero-order chi connectivity index (χ0) is 48.3. The molecule has 0 radical (unpaired) electrons. The summed E-state index contributed by atoms with van der Waals surface area (Å²) in [4.78, 5) is 56.7. The Balaban J connectivity index is 0.941. The molecule has 360 valence electrons. The number of hydrogen-bond donors (Lipinski definition) is 4. The Hall–Kier alpha value is -6.36. The Labute approximate surface area is 410 Å². The van der Waals surface area contributed by atoms with Gasteiger partial charge in [-0.3, -0.25) is 14.4 Å². The van der Waals surface area contributed by atoms with Crippen molar-refractivity contribution in [2.75, 3.05) is 46.5 Å². The van der Waals surface area contributed by atoms with Crippen LogP contribution in [-0.2, 0) is 35.6 Å². The number of ketones is 1. The van der Waals surface area contributed by atoms with Gasteiger partial charge in [0.1, 0.15) is 25.2 Å². The summed E-state index contributed by atoms with van der Waals surface area (Å²) < 4.78 is 24.5. The van der Waals surface area contributed by atoms with Gasteiger partial charge in [0.25, 0.3) is 11.8 Å². The first kappa shape index (κ1) is 47.7. The molecule has 5 aromatic carbocycles. The number of fused-ring (bicyclic) bond motifs is 8. The van der Waals surface area contributed by atoms with Crippen molar-refractivity contribution in [1.82, 2.24) is 0 Å². The number of nitrogens with zero attached hydrogens (tertiary/aromatic N) is 2. The second kappa shape index (κ2) is 20.7. The van der Waals surface area contributed by atoms with Gasteiger partial charge < -0.3 is 54.6 Å². The van der Waals surface area contributed by atoms with E-state index in [1.54, 1.807) is 64.8 Å². The summed E-state index contributed by atoms with van der Waals surface area (Å²) in [6, 6.07) is 27.6. The molecule has 69 heavy (non-hydrogen) atoms. The van der Waals surface area contributed by atoms with Crippen molar-refractivity contribution in [2.45, 2.75) is 101 Å². The number of aliphatic hydroxyl groups is 1. The molecule has 4 N–H and O–H groups in total. The largest absolute Gasteiger partial charge is 0.493 e. The maximum atomic E-state index is 14.1. The second-order valence-electron chi connectivity index (χ2n) is 18.1. The van der Waals surface area contributed by atoms with Crippen LogP contribution >= 0.6 is 21.6 Å². The van der Waals surface area contributed by atoms with Crippen LogP contribution in [0.4, 0.5) is 28.4 Å². The van der Waals surface area contributed by atoms with E-state index in [-0.39, 0.29) is 48.0 Å². The van der Waals surface area contributed by atoms with Crippen molar-refractivity contribution in [3.63, 3.8) is 0 Å². The van der Waals surface area contributed by atoms with E-state index in [4.69, 9.17) is 18.9 Å². The molecule has 4 aliphatic rings. The number of nitrogens with one attached hydrogen (secondary N) is 3. The average Bonchev–Trinajstić information content (AvgIpc) is 3.87. The third-order valence-electron chi connectivity index (χ3n) is 13.0. The Morgan fingerprint density at radius 2 is 1.28 bits per heavy atom. The Morgan fingerprint density at radius 3 is 1.90 bits per heavy atom. The van der Waals surface area contributed by atoms with Crippen LogP contribution in [-0.4, -0.2) is 78.2 Å². The minimum atomic E-state index is -1.04. The predicted molar refractivity (Wildman–Crippen MR) is 273 cm³/mol. The van der Waals surface area contributed by atoms with Crippen molar-refractivity contribution < 1.29 is 43.2 Å². The molecule has 0 aromatic heterocycles. The van der Waals surface area contributed by atoms with Crippen LogP contribution in [0.2, 0.25) is 0 Å². The molecule has 16 heteroatoms. The number of aliphatic hydroxyl groups excluding tert-OH is 1. The van der Waals surface area contributed by atoms with Crippen molar-refractivity contribution >= 4 is 73.5 Å². The molecule has 5 atom stereocenters. The van der Waals surface area contributed by atoms with Crippen LogP contribution in [0, 0.1) is 0 Å². The van der Waals surface area contributed by atoms with Gasteiger partial charge in [0, 0.05) is 59.1 Å². The van der Waals surface area contributed by atoms with E-state index in [2.05, 4.69) is 35.9 Å². The number of methoxy groups -OCH3 is 2. The number of carbonyl (C=O) groups is 4. The molecule has 0 spiro atoms. The summed E-state index contributed by atoms with van der Waals surface area (Å²) in [5.74, 6) is 1.21. The maximum absolute atomic E-state index is 14.1. The normalized spacial score (nSPS) is 18.4. The highest BCUT2D eigenvalue weighted by atomic mass is 33.1. The smallest absolute Gasteiger partial charge is 0.260 e. The molecule has 14 nitrogen and oxygen atoms in total. The quantitative estimate of drug-likeness (QED) is 0.0614. The topological polar surface area (TPSA) is 168 Å². The van der Waals surface area contributed by atoms with Gasteiger partial charge in [0.05, 0.1) is 48.8 Å². The van der Waals surface area contributed by atoms with Crippen LogP contribution in [0.15, 0.2) is 91.0 Å². The van der Waals surface area contributed by atoms with E-state index in [1.807, 2.05) is 65.6 Å². The standard InChI is InChI=1S/C53H57N5O9S2/c1-30(59)14-15-31(2)68-69-32(3)16-17-50(60)55-37-19-33(28-66-48-25-41-39(23-46(48)64-4)52(62)57-38(27-54-41)21-35-10-6-8-12-43(35)57)18-34(20-37)29-67-49-26-42-40(24-47(49)65-5)53(63)58-44-13-9-7-11-36(44)22-45(58)51(61)56-42/h6-13,18-20,23-26,31-32,38,45,51,54,56,61H,14-17,21-22,27-29H2,1-5H3,(H,55,60)/t31?,32?,38-,45-,51?/m0/s1.